The highest BCUT2D eigenvalue weighted by Gasteiger charge is 2.12. The van der Waals surface area contributed by atoms with Crippen molar-refractivity contribution < 1.29 is 14.3 Å². The first-order chi connectivity index (χ1) is 5.57. The van der Waals surface area contributed by atoms with Gasteiger partial charge < -0.3 is 10.5 Å². The lowest BCUT2D eigenvalue weighted by Gasteiger charge is -2.07. The summed E-state index contributed by atoms with van der Waals surface area (Å²) in [5.74, 6) is -0.832. The Morgan fingerprint density at radius 1 is 1.50 bits per heavy atom. The lowest BCUT2D eigenvalue weighted by molar-refractivity contribution is -0.135. The van der Waals surface area contributed by atoms with Crippen LogP contribution in [-0.2, 0) is 14.3 Å². The number of methoxy groups -OCH3 is 1. The molecular formula is C8H15NO3. The molecule has 0 fully saturated rings. The lowest BCUT2D eigenvalue weighted by atomic mass is 10.1. The first kappa shape index (κ1) is 11.3. The Morgan fingerprint density at radius 3 is 2.50 bits per heavy atom. The van der Waals surface area contributed by atoms with Gasteiger partial charge in [0.25, 0.3) is 0 Å². The number of ketones is 2. The fourth-order valence-electron chi connectivity index (χ4n) is 0.753. The molecular weight excluding hydrogens is 158 g/mol. The van der Waals surface area contributed by atoms with Crippen molar-refractivity contribution in [2.24, 2.45) is 5.73 Å². The van der Waals surface area contributed by atoms with Crippen molar-refractivity contribution in [2.75, 3.05) is 13.7 Å². The zero-order valence-electron chi connectivity index (χ0n) is 7.50. The Labute approximate surface area is 72.1 Å². The minimum absolute atomic E-state index is 0.124. The van der Waals surface area contributed by atoms with E-state index in [2.05, 4.69) is 0 Å². The molecule has 0 amide bonds. The summed E-state index contributed by atoms with van der Waals surface area (Å²) in [5, 5.41) is 0. The molecule has 0 saturated heterocycles. The van der Waals surface area contributed by atoms with Crippen molar-refractivity contribution in [3.05, 3.63) is 0 Å². The Hall–Kier alpha value is -0.740. The molecule has 0 radical (unpaired) electrons. The van der Waals surface area contributed by atoms with E-state index in [0.29, 0.717) is 13.0 Å². The molecule has 0 aliphatic heterocycles. The fourth-order valence-corrected chi connectivity index (χ4v) is 0.753. The molecule has 0 saturated carbocycles. The highest BCUT2D eigenvalue weighted by atomic mass is 16.5. The minimum Gasteiger partial charge on any atom is -0.385 e. The summed E-state index contributed by atoms with van der Waals surface area (Å²) in [6.45, 7) is 1.78. The van der Waals surface area contributed by atoms with Crippen LogP contribution in [0, 0.1) is 0 Å². The van der Waals surface area contributed by atoms with E-state index in [1.807, 2.05) is 0 Å². The van der Waals surface area contributed by atoms with Gasteiger partial charge in [-0.3, -0.25) is 9.59 Å². The average molecular weight is 173 g/mol. The highest BCUT2D eigenvalue weighted by molar-refractivity contribution is 6.36. The van der Waals surface area contributed by atoms with Crippen molar-refractivity contribution in [1.29, 1.82) is 0 Å². The third-order valence-electron chi connectivity index (χ3n) is 1.53. The Bertz CT molecular complexity index is 168. The van der Waals surface area contributed by atoms with Crippen LogP contribution in [0.3, 0.4) is 0 Å². The van der Waals surface area contributed by atoms with Crippen LogP contribution in [0.5, 0.6) is 0 Å². The molecule has 0 aliphatic rings. The van der Waals surface area contributed by atoms with Gasteiger partial charge >= 0.3 is 0 Å². The van der Waals surface area contributed by atoms with Crippen LogP contribution >= 0.6 is 0 Å². The largest absolute Gasteiger partial charge is 0.385 e. The van der Waals surface area contributed by atoms with Crippen molar-refractivity contribution in [1.82, 2.24) is 0 Å². The van der Waals surface area contributed by atoms with E-state index in [1.165, 1.54) is 6.92 Å². The quantitative estimate of drug-likeness (QED) is 0.569. The summed E-state index contributed by atoms with van der Waals surface area (Å²) >= 11 is 0. The van der Waals surface area contributed by atoms with Crippen molar-refractivity contribution in [3.8, 4) is 0 Å². The van der Waals surface area contributed by atoms with Gasteiger partial charge in [0, 0.05) is 33.1 Å². The van der Waals surface area contributed by atoms with E-state index in [4.69, 9.17) is 10.5 Å². The van der Waals surface area contributed by atoms with Gasteiger partial charge in [0.15, 0.2) is 11.6 Å². The third kappa shape index (κ3) is 4.98. The molecule has 0 bridgehead atoms. The van der Waals surface area contributed by atoms with Gasteiger partial charge in [-0.1, -0.05) is 0 Å². The van der Waals surface area contributed by atoms with E-state index in [-0.39, 0.29) is 12.5 Å². The summed E-state index contributed by atoms with van der Waals surface area (Å²) in [5.41, 5.74) is 5.55. The molecule has 4 heteroatoms. The topological polar surface area (TPSA) is 69.4 Å². The third-order valence-corrected chi connectivity index (χ3v) is 1.53. The zero-order valence-corrected chi connectivity index (χ0v) is 7.50. The molecule has 70 valence electrons. The fraction of sp³-hybridized carbons (Fsp3) is 0.750. The number of hydrogen-bond acceptors (Lipinski definition) is 4. The zero-order chi connectivity index (χ0) is 9.56. The molecule has 0 aromatic carbocycles. The molecule has 0 spiro atoms. The van der Waals surface area contributed by atoms with Crippen molar-refractivity contribution in [2.45, 2.75) is 25.8 Å². The minimum atomic E-state index is -0.428. The standard InChI is InChI=1S/C8H15NO3/c1-6(10)8(11)5-7(9)3-4-12-2/h7H,3-5,9H2,1-2H3. The van der Waals surface area contributed by atoms with Crippen molar-refractivity contribution in [3.63, 3.8) is 0 Å². The Balaban J connectivity index is 3.61. The van der Waals surface area contributed by atoms with E-state index in [9.17, 15) is 9.59 Å². The average Bonchev–Trinajstić information content (AvgIpc) is 2.00. The van der Waals surface area contributed by atoms with E-state index < -0.39 is 11.6 Å². The number of ether oxygens (including phenoxy) is 1. The summed E-state index contributed by atoms with van der Waals surface area (Å²) in [6.07, 6.45) is 0.730. The second-order valence-corrected chi connectivity index (χ2v) is 2.73. The number of Topliss-reactive ketones (excluding diaryl/α,β-unsaturated/α-hetero) is 2. The second-order valence-electron chi connectivity index (χ2n) is 2.73. The normalized spacial score (nSPS) is 12.6. The monoisotopic (exact) mass is 173 g/mol. The molecule has 0 aromatic heterocycles. The number of rotatable bonds is 6. The molecule has 0 rings (SSSR count). The van der Waals surface area contributed by atoms with Crippen LogP contribution in [0.25, 0.3) is 0 Å². The van der Waals surface area contributed by atoms with E-state index in [0.717, 1.165) is 0 Å². The molecule has 1 unspecified atom stereocenters. The molecule has 0 heterocycles. The number of nitrogens with two attached hydrogens (primary N) is 1. The van der Waals surface area contributed by atoms with Crippen LogP contribution < -0.4 is 5.73 Å². The molecule has 1 atom stereocenters. The van der Waals surface area contributed by atoms with Crippen LogP contribution in [-0.4, -0.2) is 31.3 Å². The van der Waals surface area contributed by atoms with Crippen LogP contribution in [0.4, 0.5) is 0 Å². The molecule has 0 aliphatic carbocycles. The van der Waals surface area contributed by atoms with Gasteiger partial charge in [0.1, 0.15) is 0 Å². The maximum Gasteiger partial charge on any atom is 0.199 e. The predicted molar refractivity (Wildman–Crippen MR) is 44.8 cm³/mol. The molecule has 2 N–H and O–H groups in total. The molecule has 0 aromatic rings. The highest BCUT2D eigenvalue weighted by Crippen LogP contribution is 1.96. The maximum absolute atomic E-state index is 10.8. The van der Waals surface area contributed by atoms with Crippen molar-refractivity contribution >= 4 is 11.6 Å². The molecule has 12 heavy (non-hydrogen) atoms. The first-order valence-corrected chi connectivity index (χ1v) is 3.86. The SMILES string of the molecule is COCCC(N)CC(=O)C(C)=O. The van der Waals surface area contributed by atoms with Crippen LogP contribution in [0.2, 0.25) is 0 Å². The summed E-state index contributed by atoms with van der Waals surface area (Å²) in [7, 11) is 1.57. The first-order valence-electron chi connectivity index (χ1n) is 3.86. The van der Waals surface area contributed by atoms with E-state index >= 15 is 0 Å². The number of hydrogen-bond donors (Lipinski definition) is 1. The Morgan fingerprint density at radius 2 is 2.08 bits per heavy atom. The van der Waals surface area contributed by atoms with Gasteiger partial charge in [-0.15, -0.1) is 0 Å². The Kier molecular flexibility index (Phi) is 5.49. The number of carbonyl (C=O) groups is 2. The van der Waals surface area contributed by atoms with Crippen LogP contribution in [0.15, 0.2) is 0 Å². The summed E-state index contributed by atoms with van der Waals surface area (Å²) in [6, 6.07) is -0.263. The van der Waals surface area contributed by atoms with Crippen LogP contribution in [0.1, 0.15) is 19.8 Å². The van der Waals surface area contributed by atoms with Gasteiger partial charge in [-0.05, 0) is 6.42 Å². The molecule has 4 nitrogen and oxygen atoms in total. The smallest absolute Gasteiger partial charge is 0.199 e. The number of carbonyl (C=O) groups excluding carboxylic acids is 2. The second kappa shape index (κ2) is 5.85. The summed E-state index contributed by atoms with van der Waals surface area (Å²) < 4.78 is 4.78. The van der Waals surface area contributed by atoms with Gasteiger partial charge in [-0.2, -0.15) is 0 Å². The maximum atomic E-state index is 10.8. The lowest BCUT2D eigenvalue weighted by Crippen LogP contribution is -2.27. The summed E-state index contributed by atoms with van der Waals surface area (Å²) in [4.78, 5) is 21.4. The van der Waals surface area contributed by atoms with Gasteiger partial charge in [-0.25, -0.2) is 0 Å². The van der Waals surface area contributed by atoms with Gasteiger partial charge in [0.05, 0.1) is 0 Å². The predicted octanol–water partition coefficient (Wildman–Crippen LogP) is -0.102. The van der Waals surface area contributed by atoms with E-state index in [1.54, 1.807) is 7.11 Å². The van der Waals surface area contributed by atoms with Gasteiger partial charge in [0.2, 0.25) is 0 Å².